The number of halogens is 6. The van der Waals surface area contributed by atoms with Crippen molar-refractivity contribution in [2.24, 2.45) is 0 Å². The van der Waals surface area contributed by atoms with Crippen molar-refractivity contribution in [2.45, 2.75) is 3.98 Å². The molecule has 0 radical (unpaired) electrons. The molecule has 0 heterocycles. The second kappa shape index (κ2) is 4.27. The van der Waals surface area contributed by atoms with Gasteiger partial charge in [0.05, 0.1) is 0 Å². The highest BCUT2D eigenvalue weighted by molar-refractivity contribution is 6.66. The molecule has 1 aromatic rings. The normalized spacial score (nSPS) is 11.6. The Hall–Kier alpha value is 0.0400. The third-order valence-electron chi connectivity index (χ3n) is 1.19. The number of rotatable bonds is 1. The van der Waals surface area contributed by atoms with E-state index < -0.39 is 20.6 Å². The Labute approximate surface area is 98.5 Å². The van der Waals surface area contributed by atoms with E-state index in [1.807, 2.05) is 0 Å². The van der Waals surface area contributed by atoms with E-state index in [0.717, 1.165) is 12.1 Å². The molecule has 78 valence electrons. The summed E-state index contributed by atoms with van der Waals surface area (Å²) in [6.45, 7) is 0. The van der Waals surface area contributed by atoms with Crippen LogP contribution in [0.3, 0.4) is 0 Å². The highest BCUT2D eigenvalue weighted by atomic mass is 35.6. The maximum Gasteiger partial charge on any atom is 0.338 e. The Morgan fingerprint density at radius 2 is 1.50 bits per heavy atom. The largest absolute Gasteiger partial charge is 0.445 e. The molecule has 7 heteroatoms. The summed E-state index contributed by atoms with van der Waals surface area (Å²) in [6, 6.07) is 1.63. The van der Waals surface area contributed by atoms with Gasteiger partial charge < -0.3 is 4.74 Å². The SMILES string of the molecule is Fc1cc(OC(Cl)(Cl)Cl)cc(F)c1Cl. The third-order valence-corrected chi connectivity index (χ3v) is 1.78. The smallest absolute Gasteiger partial charge is 0.338 e. The molecule has 0 aromatic heterocycles. The first-order valence-corrected chi connectivity index (χ1v) is 4.71. The summed E-state index contributed by atoms with van der Waals surface area (Å²) in [5.74, 6) is -2.24. The van der Waals surface area contributed by atoms with Gasteiger partial charge in [-0.3, -0.25) is 0 Å². The molecule has 0 unspecified atom stereocenters. The molecule has 0 saturated heterocycles. The van der Waals surface area contributed by atoms with Gasteiger partial charge in [-0.15, -0.1) is 0 Å². The van der Waals surface area contributed by atoms with Gasteiger partial charge in [-0.25, -0.2) is 8.78 Å². The first kappa shape index (κ1) is 12.1. The topological polar surface area (TPSA) is 9.23 Å². The van der Waals surface area contributed by atoms with Crippen molar-refractivity contribution in [3.05, 3.63) is 28.8 Å². The number of alkyl halides is 3. The minimum atomic E-state index is -2.08. The van der Waals surface area contributed by atoms with Crippen molar-refractivity contribution >= 4 is 46.4 Å². The monoisotopic (exact) mass is 280 g/mol. The highest BCUT2D eigenvalue weighted by Crippen LogP contribution is 2.32. The second-order valence-electron chi connectivity index (χ2n) is 2.25. The quantitative estimate of drug-likeness (QED) is 0.550. The minimum absolute atomic E-state index is 0.260. The number of hydrogen-bond acceptors (Lipinski definition) is 1. The van der Waals surface area contributed by atoms with Gasteiger partial charge in [0.2, 0.25) is 0 Å². The van der Waals surface area contributed by atoms with Gasteiger partial charge in [0.25, 0.3) is 0 Å². The average Bonchev–Trinajstić information content (AvgIpc) is 1.96. The molecule has 14 heavy (non-hydrogen) atoms. The van der Waals surface area contributed by atoms with Crippen molar-refractivity contribution in [1.29, 1.82) is 0 Å². The first-order chi connectivity index (χ1) is 6.29. The second-order valence-corrected chi connectivity index (χ2v) is 4.80. The molecule has 0 N–H and O–H groups in total. The Balaban J connectivity index is 3.02. The summed E-state index contributed by atoms with van der Waals surface area (Å²) in [7, 11) is 0. The molecule has 0 aliphatic rings. The molecule has 0 saturated carbocycles. The average molecular weight is 282 g/mol. The van der Waals surface area contributed by atoms with Crippen LogP contribution in [0.15, 0.2) is 12.1 Å². The lowest BCUT2D eigenvalue weighted by Crippen LogP contribution is -2.12. The van der Waals surface area contributed by atoms with E-state index in [1.54, 1.807) is 0 Å². The van der Waals surface area contributed by atoms with Gasteiger partial charge in [0, 0.05) is 12.1 Å². The Morgan fingerprint density at radius 1 is 1.07 bits per heavy atom. The zero-order valence-electron chi connectivity index (χ0n) is 6.33. The summed E-state index contributed by atoms with van der Waals surface area (Å²) >= 11 is 20.9. The predicted molar refractivity (Wildman–Crippen MR) is 52.3 cm³/mol. The van der Waals surface area contributed by atoms with E-state index in [9.17, 15) is 8.78 Å². The molecular weight excluding hydrogens is 280 g/mol. The van der Waals surface area contributed by atoms with Crippen molar-refractivity contribution < 1.29 is 13.5 Å². The van der Waals surface area contributed by atoms with Crippen molar-refractivity contribution in [2.75, 3.05) is 0 Å². The van der Waals surface area contributed by atoms with Gasteiger partial charge in [0.15, 0.2) is 0 Å². The fourth-order valence-electron chi connectivity index (χ4n) is 0.725. The molecule has 1 nitrogen and oxygen atoms in total. The van der Waals surface area contributed by atoms with Gasteiger partial charge in [0.1, 0.15) is 22.4 Å². The highest BCUT2D eigenvalue weighted by Gasteiger charge is 2.23. The van der Waals surface area contributed by atoms with Gasteiger partial charge in [-0.05, 0) is 34.8 Å². The fraction of sp³-hybridized carbons (Fsp3) is 0.143. The standard InChI is InChI=1S/C7H2Cl4F2O/c8-6-4(12)1-3(2-5(6)13)14-7(9,10)11/h1-2H. The van der Waals surface area contributed by atoms with Crippen LogP contribution in [0.5, 0.6) is 5.75 Å². The van der Waals surface area contributed by atoms with Crippen LogP contribution >= 0.6 is 46.4 Å². The number of benzene rings is 1. The maximum atomic E-state index is 12.8. The summed E-state index contributed by atoms with van der Waals surface area (Å²) in [6.07, 6.45) is 0. The Morgan fingerprint density at radius 3 is 1.86 bits per heavy atom. The van der Waals surface area contributed by atoms with E-state index in [-0.39, 0.29) is 5.75 Å². The van der Waals surface area contributed by atoms with Crippen LogP contribution in [-0.4, -0.2) is 3.98 Å². The zero-order valence-corrected chi connectivity index (χ0v) is 9.35. The lowest BCUT2D eigenvalue weighted by Gasteiger charge is -2.13. The molecular formula is C7H2Cl4F2O. The molecule has 0 atom stereocenters. The summed E-state index contributed by atoms with van der Waals surface area (Å²) in [5.41, 5.74) is 0. The van der Waals surface area contributed by atoms with E-state index in [2.05, 4.69) is 4.74 Å². The van der Waals surface area contributed by atoms with Crippen LogP contribution in [0.2, 0.25) is 5.02 Å². The summed E-state index contributed by atoms with van der Waals surface area (Å²) in [5, 5.41) is -0.637. The minimum Gasteiger partial charge on any atom is -0.445 e. The van der Waals surface area contributed by atoms with Crippen LogP contribution in [0.25, 0.3) is 0 Å². The van der Waals surface area contributed by atoms with Crippen LogP contribution in [0.1, 0.15) is 0 Å². The zero-order chi connectivity index (χ0) is 10.9. The summed E-state index contributed by atoms with van der Waals surface area (Å²) in [4.78, 5) is 0. The molecule has 0 fully saturated rings. The molecule has 1 rings (SSSR count). The van der Waals surface area contributed by atoms with E-state index in [1.165, 1.54) is 0 Å². The molecule has 0 aliphatic carbocycles. The number of hydrogen-bond donors (Lipinski definition) is 0. The van der Waals surface area contributed by atoms with E-state index in [0.29, 0.717) is 0 Å². The fourth-order valence-corrected chi connectivity index (χ4v) is 1.10. The lowest BCUT2D eigenvalue weighted by atomic mass is 10.3. The third kappa shape index (κ3) is 3.31. The van der Waals surface area contributed by atoms with E-state index >= 15 is 0 Å². The Kier molecular flexibility index (Phi) is 3.69. The van der Waals surface area contributed by atoms with Crippen molar-refractivity contribution in [1.82, 2.24) is 0 Å². The van der Waals surface area contributed by atoms with Crippen LogP contribution in [0, 0.1) is 11.6 Å². The van der Waals surface area contributed by atoms with Crippen molar-refractivity contribution in [3.8, 4) is 5.75 Å². The first-order valence-electron chi connectivity index (χ1n) is 3.20. The van der Waals surface area contributed by atoms with Crippen LogP contribution < -0.4 is 4.74 Å². The van der Waals surface area contributed by atoms with Crippen LogP contribution in [-0.2, 0) is 0 Å². The molecule has 0 amide bonds. The Bertz CT molecular complexity index is 327. The van der Waals surface area contributed by atoms with Crippen LogP contribution in [0.4, 0.5) is 8.78 Å². The van der Waals surface area contributed by atoms with Gasteiger partial charge >= 0.3 is 3.98 Å². The molecule has 0 bridgehead atoms. The van der Waals surface area contributed by atoms with Gasteiger partial charge in [-0.2, -0.15) is 0 Å². The van der Waals surface area contributed by atoms with Crippen molar-refractivity contribution in [3.63, 3.8) is 0 Å². The van der Waals surface area contributed by atoms with Gasteiger partial charge in [-0.1, -0.05) is 11.6 Å². The lowest BCUT2D eigenvalue weighted by molar-refractivity contribution is 0.316. The molecule has 0 aliphatic heterocycles. The molecule has 1 aromatic carbocycles. The molecule has 0 spiro atoms. The van der Waals surface area contributed by atoms with E-state index in [4.69, 9.17) is 46.4 Å². The predicted octanol–water partition coefficient (Wildman–Crippen LogP) is 4.32. The number of ether oxygens (including phenoxy) is 1. The summed E-state index contributed by atoms with van der Waals surface area (Å²) < 4.78 is 28.2. The maximum absolute atomic E-state index is 12.8.